The number of benzene rings is 2. The first kappa shape index (κ1) is 10.5. The van der Waals surface area contributed by atoms with Gasteiger partial charge in [0.25, 0.3) is 0 Å². The Labute approximate surface area is 98.9 Å². The van der Waals surface area contributed by atoms with Crippen LogP contribution in [0, 0.1) is 0 Å². The molecule has 0 heterocycles. The van der Waals surface area contributed by atoms with E-state index in [9.17, 15) is 8.78 Å². The van der Waals surface area contributed by atoms with Gasteiger partial charge in [-0.3, -0.25) is 0 Å². The van der Waals surface area contributed by atoms with Crippen LogP contribution < -0.4 is 0 Å². The highest BCUT2D eigenvalue weighted by Crippen LogP contribution is 2.38. The van der Waals surface area contributed by atoms with Gasteiger partial charge in [0, 0.05) is 6.42 Å². The topological polar surface area (TPSA) is 0 Å². The van der Waals surface area contributed by atoms with Gasteiger partial charge < -0.3 is 0 Å². The maximum absolute atomic E-state index is 12.5. The Bertz CT molecular complexity index is 559. The lowest BCUT2D eigenvalue weighted by molar-refractivity contribution is 0.149. The van der Waals surface area contributed by atoms with Crippen molar-refractivity contribution >= 4 is 0 Å². The summed E-state index contributed by atoms with van der Waals surface area (Å²) in [6.07, 6.45) is -1.63. The van der Waals surface area contributed by atoms with E-state index in [4.69, 9.17) is 0 Å². The Kier molecular flexibility index (Phi) is 2.43. The minimum Gasteiger partial charge on any atom is -0.210 e. The zero-order valence-electron chi connectivity index (χ0n) is 9.29. The first-order valence-corrected chi connectivity index (χ1v) is 5.73. The maximum atomic E-state index is 12.5. The molecular weight excluding hydrogens is 218 g/mol. The van der Waals surface area contributed by atoms with Gasteiger partial charge in [0.15, 0.2) is 0 Å². The van der Waals surface area contributed by atoms with Crippen LogP contribution in [0.25, 0.3) is 11.1 Å². The summed E-state index contributed by atoms with van der Waals surface area (Å²) in [5, 5.41) is 0. The van der Waals surface area contributed by atoms with E-state index in [1.165, 1.54) is 11.1 Å². The molecule has 86 valence electrons. The lowest BCUT2D eigenvalue weighted by Gasteiger charge is -2.07. The SMILES string of the molecule is FC(F)Cc1cccc2c1Cc1ccccc1-2. The standard InChI is InChI=1S/C15H12F2/c16-15(17)9-11-5-3-7-13-12-6-2-1-4-10(12)8-14(11)13/h1-7,15H,8-9H2. The lowest BCUT2D eigenvalue weighted by atomic mass is 9.99. The molecule has 0 nitrogen and oxygen atoms in total. The van der Waals surface area contributed by atoms with Gasteiger partial charge in [-0.1, -0.05) is 42.5 Å². The Hall–Kier alpha value is -1.70. The second-order valence-corrected chi connectivity index (χ2v) is 4.37. The Morgan fingerprint density at radius 3 is 2.53 bits per heavy atom. The number of alkyl halides is 2. The van der Waals surface area contributed by atoms with E-state index in [-0.39, 0.29) is 6.42 Å². The number of fused-ring (bicyclic) bond motifs is 3. The summed E-state index contributed by atoms with van der Waals surface area (Å²) in [6, 6.07) is 13.8. The third-order valence-electron chi connectivity index (χ3n) is 3.32. The van der Waals surface area contributed by atoms with Gasteiger partial charge in [-0.15, -0.1) is 0 Å². The van der Waals surface area contributed by atoms with Gasteiger partial charge in [-0.05, 0) is 34.2 Å². The molecular formula is C15H12F2. The molecule has 0 bridgehead atoms. The number of hydrogen-bond acceptors (Lipinski definition) is 0. The summed E-state index contributed by atoms with van der Waals surface area (Å²) >= 11 is 0. The smallest absolute Gasteiger partial charge is 0.210 e. The molecule has 0 radical (unpaired) electrons. The van der Waals surface area contributed by atoms with Crippen LogP contribution in [0.5, 0.6) is 0 Å². The Morgan fingerprint density at radius 2 is 1.71 bits per heavy atom. The minimum absolute atomic E-state index is 0.142. The fraction of sp³-hybridized carbons (Fsp3) is 0.200. The molecule has 1 aliphatic carbocycles. The first-order valence-electron chi connectivity index (χ1n) is 5.73. The number of halogens is 2. The molecule has 0 N–H and O–H groups in total. The van der Waals surface area contributed by atoms with Crippen molar-refractivity contribution in [3.8, 4) is 11.1 Å². The third kappa shape index (κ3) is 1.74. The van der Waals surface area contributed by atoms with Crippen molar-refractivity contribution in [1.29, 1.82) is 0 Å². The molecule has 2 aromatic rings. The van der Waals surface area contributed by atoms with E-state index < -0.39 is 6.43 Å². The molecule has 0 atom stereocenters. The summed E-state index contributed by atoms with van der Waals surface area (Å²) in [5.41, 5.74) is 5.42. The molecule has 3 rings (SSSR count). The highest BCUT2D eigenvalue weighted by molar-refractivity contribution is 5.77. The maximum Gasteiger partial charge on any atom is 0.242 e. The summed E-state index contributed by atoms with van der Waals surface area (Å²) < 4.78 is 25.0. The third-order valence-corrected chi connectivity index (χ3v) is 3.32. The predicted octanol–water partition coefficient (Wildman–Crippen LogP) is 4.07. The summed E-state index contributed by atoms with van der Waals surface area (Å²) in [6.45, 7) is 0. The molecule has 0 fully saturated rings. The van der Waals surface area contributed by atoms with Crippen LogP contribution >= 0.6 is 0 Å². The highest BCUT2D eigenvalue weighted by Gasteiger charge is 2.21. The van der Waals surface area contributed by atoms with E-state index in [1.54, 1.807) is 0 Å². The molecule has 0 unspecified atom stereocenters. The molecule has 0 spiro atoms. The van der Waals surface area contributed by atoms with Crippen LogP contribution in [-0.2, 0) is 12.8 Å². The molecule has 0 amide bonds. The van der Waals surface area contributed by atoms with Crippen molar-refractivity contribution in [1.82, 2.24) is 0 Å². The molecule has 1 aliphatic rings. The monoisotopic (exact) mass is 230 g/mol. The number of rotatable bonds is 2. The zero-order valence-corrected chi connectivity index (χ0v) is 9.29. The van der Waals surface area contributed by atoms with Gasteiger partial charge in [0.05, 0.1) is 0 Å². The van der Waals surface area contributed by atoms with E-state index in [0.717, 1.165) is 23.1 Å². The molecule has 0 saturated heterocycles. The van der Waals surface area contributed by atoms with Crippen LogP contribution in [0.4, 0.5) is 8.78 Å². The summed E-state index contributed by atoms with van der Waals surface area (Å²) in [5.74, 6) is 0. The largest absolute Gasteiger partial charge is 0.242 e. The molecule has 0 aliphatic heterocycles. The molecule has 2 heteroatoms. The highest BCUT2D eigenvalue weighted by atomic mass is 19.3. The summed E-state index contributed by atoms with van der Waals surface area (Å²) in [4.78, 5) is 0. The average molecular weight is 230 g/mol. The summed E-state index contributed by atoms with van der Waals surface area (Å²) in [7, 11) is 0. The van der Waals surface area contributed by atoms with Gasteiger partial charge in [0.2, 0.25) is 6.43 Å². The fourth-order valence-corrected chi connectivity index (χ4v) is 2.58. The molecule has 0 saturated carbocycles. The van der Waals surface area contributed by atoms with Crippen molar-refractivity contribution < 1.29 is 8.78 Å². The zero-order chi connectivity index (χ0) is 11.8. The van der Waals surface area contributed by atoms with Crippen LogP contribution in [0.1, 0.15) is 16.7 Å². The quantitative estimate of drug-likeness (QED) is 0.622. The molecule has 2 aromatic carbocycles. The van der Waals surface area contributed by atoms with Crippen LogP contribution in [0.2, 0.25) is 0 Å². The van der Waals surface area contributed by atoms with Crippen molar-refractivity contribution in [2.24, 2.45) is 0 Å². The van der Waals surface area contributed by atoms with E-state index in [1.807, 2.05) is 30.3 Å². The fourth-order valence-electron chi connectivity index (χ4n) is 2.58. The predicted molar refractivity (Wildman–Crippen MR) is 64.4 cm³/mol. The van der Waals surface area contributed by atoms with Gasteiger partial charge in [0.1, 0.15) is 0 Å². The minimum atomic E-state index is -2.27. The van der Waals surface area contributed by atoms with Crippen molar-refractivity contribution in [2.45, 2.75) is 19.3 Å². The van der Waals surface area contributed by atoms with E-state index in [2.05, 4.69) is 12.1 Å². The normalized spacial score (nSPS) is 12.6. The molecule has 0 aromatic heterocycles. The second kappa shape index (κ2) is 3.95. The van der Waals surface area contributed by atoms with Crippen molar-refractivity contribution in [3.63, 3.8) is 0 Å². The van der Waals surface area contributed by atoms with Gasteiger partial charge in [-0.25, -0.2) is 8.78 Å². The number of hydrogen-bond donors (Lipinski definition) is 0. The molecule has 17 heavy (non-hydrogen) atoms. The van der Waals surface area contributed by atoms with Crippen LogP contribution in [-0.4, -0.2) is 6.43 Å². The van der Waals surface area contributed by atoms with Crippen molar-refractivity contribution in [3.05, 3.63) is 59.2 Å². The van der Waals surface area contributed by atoms with E-state index >= 15 is 0 Å². The Balaban J connectivity index is 2.11. The van der Waals surface area contributed by atoms with Crippen LogP contribution in [0.15, 0.2) is 42.5 Å². The average Bonchev–Trinajstić information content (AvgIpc) is 2.68. The van der Waals surface area contributed by atoms with Crippen molar-refractivity contribution in [2.75, 3.05) is 0 Å². The van der Waals surface area contributed by atoms with Gasteiger partial charge in [-0.2, -0.15) is 0 Å². The van der Waals surface area contributed by atoms with E-state index in [0.29, 0.717) is 0 Å². The Morgan fingerprint density at radius 1 is 0.941 bits per heavy atom. The first-order chi connectivity index (χ1) is 8.25. The second-order valence-electron chi connectivity index (χ2n) is 4.37. The van der Waals surface area contributed by atoms with Gasteiger partial charge >= 0.3 is 0 Å². The van der Waals surface area contributed by atoms with Crippen LogP contribution in [0.3, 0.4) is 0 Å². The lowest BCUT2D eigenvalue weighted by Crippen LogP contribution is -2.00.